The van der Waals surface area contributed by atoms with Crippen LogP contribution in [0.1, 0.15) is 26.3 Å². The maximum absolute atomic E-state index is 13.4. The number of piperazine rings is 1. The summed E-state index contributed by atoms with van der Waals surface area (Å²) in [7, 11) is 0. The molecule has 2 aromatic rings. The van der Waals surface area contributed by atoms with Gasteiger partial charge in [-0.15, -0.1) is 0 Å². The minimum absolute atomic E-state index is 0.0682. The summed E-state index contributed by atoms with van der Waals surface area (Å²) in [5.41, 5.74) is 2.67. The van der Waals surface area contributed by atoms with Gasteiger partial charge in [-0.05, 0) is 35.2 Å². The highest BCUT2D eigenvalue weighted by Gasteiger charge is 2.22. The van der Waals surface area contributed by atoms with E-state index in [1.54, 1.807) is 11.0 Å². The Morgan fingerprint density at radius 1 is 0.926 bits per heavy atom. The van der Waals surface area contributed by atoms with E-state index >= 15 is 0 Å². The number of urea groups is 1. The van der Waals surface area contributed by atoms with E-state index in [9.17, 15) is 13.6 Å². The van der Waals surface area contributed by atoms with E-state index in [0.717, 1.165) is 11.8 Å². The molecule has 27 heavy (non-hydrogen) atoms. The van der Waals surface area contributed by atoms with Crippen molar-refractivity contribution in [3.8, 4) is 0 Å². The van der Waals surface area contributed by atoms with Crippen LogP contribution in [0.5, 0.6) is 0 Å². The molecule has 0 bridgehead atoms. The van der Waals surface area contributed by atoms with Crippen molar-refractivity contribution >= 4 is 17.4 Å². The van der Waals surface area contributed by atoms with Gasteiger partial charge in [0, 0.05) is 43.6 Å². The molecule has 144 valence electrons. The number of anilines is 2. The standard InChI is InChI=1S/C21H25F2N3O/c1-21(2,3)15-4-6-16(7-5-15)24-20(27)26-12-10-25(11-13-26)17-8-9-18(22)19(23)14-17/h4-9,14H,10-13H2,1-3H3,(H,24,27). The molecule has 0 saturated carbocycles. The fourth-order valence-corrected chi connectivity index (χ4v) is 3.11. The summed E-state index contributed by atoms with van der Waals surface area (Å²) in [6.07, 6.45) is 0. The zero-order valence-corrected chi connectivity index (χ0v) is 15.9. The molecule has 0 spiro atoms. The summed E-state index contributed by atoms with van der Waals surface area (Å²) in [6, 6.07) is 11.6. The Morgan fingerprint density at radius 2 is 1.56 bits per heavy atom. The van der Waals surface area contributed by atoms with Gasteiger partial charge in [0.25, 0.3) is 0 Å². The largest absolute Gasteiger partial charge is 0.368 e. The van der Waals surface area contributed by atoms with Gasteiger partial charge in [-0.25, -0.2) is 13.6 Å². The van der Waals surface area contributed by atoms with Crippen LogP contribution in [0.25, 0.3) is 0 Å². The monoisotopic (exact) mass is 373 g/mol. The molecule has 0 radical (unpaired) electrons. The van der Waals surface area contributed by atoms with E-state index in [1.165, 1.54) is 11.6 Å². The minimum Gasteiger partial charge on any atom is -0.368 e. The molecule has 1 aliphatic heterocycles. The first-order chi connectivity index (χ1) is 12.7. The first-order valence-electron chi connectivity index (χ1n) is 9.10. The van der Waals surface area contributed by atoms with Gasteiger partial charge in [-0.1, -0.05) is 32.9 Å². The highest BCUT2D eigenvalue weighted by Crippen LogP contribution is 2.24. The van der Waals surface area contributed by atoms with Gasteiger partial charge in [0.15, 0.2) is 11.6 Å². The Hall–Kier alpha value is -2.63. The van der Waals surface area contributed by atoms with E-state index in [0.29, 0.717) is 31.9 Å². The van der Waals surface area contributed by atoms with Crippen molar-refractivity contribution in [2.24, 2.45) is 0 Å². The summed E-state index contributed by atoms with van der Waals surface area (Å²) < 4.78 is 26.5. The molecule has 2 amide bonds. The van der Waals surface area contributed by atoms with Gasteiger partial charge >= 0.3 is 6.03 Å². The first kappa shape index (κ1) is 19.1. The van der Waals surface area contributed by atoms with E-state index < -0.39 is 11.6 Å². The number of nitrogens with zero attached hydrogens (tertiary/aromatic N) is 2. The van der Waals surface area contributed by atoms with Gasteiger partial charge in [-0.3, -0.25) is 0 Å². The maximum atomic E-state index is 13.4. The Morgan fingerprint density at radius 3 is 2.11 bits per heavy atom. The lowest BCUT2D eigenvalue weighted by molar-refractivity contribution is 0.208. The molecule has 6 heteroatoms. The third-order valence-electron chi connectivity index (χ3n) is 4.84. The molecule has 4 nitrogen and oxygen atoms in total. The third kappa shape index (κ3) is 4.56. The van der Waals surface area contributed by atoms with Gasteiger partial charge < -0.3 is 15.1 Å². The summed E-state index contributed by atoms with van der Waals surface area (Å²) in [5, 5.41) is 2.92. The average Bonchev–Trinajstić information content (AvgIpc) is 2.64. The zero-order chi connectivity index (χ0) is 19.6. The molecule has 0 atom stereocenters. The number of carbonyl (C=O) groups is 1. The molecule has 1 aliphatic rings. The van der Waals surface area contributed by atoms with Crippen LogP contribution in [-0.4, -0.2) is 37.1 Å². The first-order valence-corrected chi connectivity index (χ1v) is 9.10. The number of benzene rings is 2. The van der Waals surface area contributed by atoms with E-state index in [4.69, 9.17) is 0 Å². The Kier molecular flexibility index (Phi) is 5.35. The SMILES string of the molecule is CC(C)(C)c1ccc(NC(=O)N2CCN(c3ccc(F)c(F)c3)CC2)cc1. The zero-order valence-electron chi connectivity index (χ0n) is 15.9. The smallest absolute Gasteiger partial charge is 0.321 e. The van der Waals surface area contributed by atoms with Gasteiger partial charge in [0.2, 0.25) is 0 Å². The average molecular weight is 373 g/mol. The molecular formula is C21H25F2N3O. The molecule has 1 fully saturated rings. The molecule has 0 unspecified atom stereocenters. The number of nitrogens with one attached hydrogen (secondary N) is 1. The second kappa shape index (κ2) is 7.55. The third-order valence-corrected chi connectivity index (χ3v) is 4.84. The highest BCUT2D eigenvalue weighted by molar-refractivity contribution is 5.89. The number of halogens is 2. The molecule has 2 aromatic carbocycles. The number of carbonyl (C=O) groups excluding carboxylic acids is 1. The van der Waals surface area contributed by atoms with E-state index in [-0.39, 0.29) is 11.4 Å². The molecule has 1 heterocycles. The minimum atomic E-state index is -0.855. The summed E-state index contributed by atoms with van der Waals surface area (Å²) in [6.45, 7) is 8.62. The van der Waals surface area contributed by atoms with Crippen LogP contribution in [0.3, 0.4) is 0 Å². The summed E-state index contributed by atoms with van der Waals surface area (Å²) in [4.78, 5) is 16.2. The van der Waals surface area contributed by atoms with Crippen LogP contribution in [0, 0.1) is 11.6 Å². The predicted octanol–water partition coefficient (Wildman–Crippen LogP) is 4.62. The lowest BCUT2D eigenvalue weighted by Crippen LogP contribution is -2.50. The normalized spacial score (nSPS) is 15.0. The molecule has 1 saturated heterocycles. The highest BCUT2D eigenvalue weighted by atomic mass is 19.2. The van der Waals surface area contributed by atoms with Crippen LogP contribution in [0.2, 0.25) is 0 Å². The Bertz CT molecular complexity index is 807. The molecule has 0 aromatic heterocycles. The van der Waals surface area contributed by atoms with Crippen LogP contribution in [-0.2, 0) is 5.41 Å². The quantitative estimate of drug-likeness (QED) is 0.834. The summed E-state index contributed by atoms with van der Waals surface area (Å²) in [5.74, 6) is -1.71. The van der Waals surface area contributed by atoms with Gasteiger partial charge in [0.05, 0.1) is 0 Å². The lowest BCUT2D eigenvalue weighted by Gasteiger charge is -2.36. The summed E-state index contributed by atoms with van der Waals surface area (Å²) >= 11 is 0. The van der Waals surface area contributed by atoms with Crippen molar-refractivity contribution in [2.45, 2.75) is 26.2 Å². The molecule has 1 N–H and O–H groups in total. The van der Waals surface area contributed by atoms with Crippen molar-refractivity contribution < 1.29 is 13.6 Å². The van der Waals surface area contributed by atoms with Crippen molar-refractivity contribution in [3.63, 3.8) is 0 Å². The fraction of sp³-hybridized carbons (Fsp3) is 0.381. The van der Waals surface area contributed by atoms with Crippen molar-refractivity contribution in [1.29, 1.82) is 0 Å². The number of rotatable bonds is 2. The van der Waals surface area contributed by atoms with Crippen LogP contribution in [0.4, 0.5) is 25.0 Å². The molecule has 3 rings (SSSR count). The van der Waals surface area contributed by atoms with Gasteiger partial charge in [0.1, 0.15) is 0 Å². The number of hydrogen-bond donors (Lipinski definition) is 1. The second-order valence-electron chi connectivity index (χ2n) is 7.83. The fourth-order valence-electron chi connectivity index (χ4n) is 3.11. The van der Waals surface area contributed by atoms with Crippen LogP contribution < -0.4 is 10.2 Å². The van der Waals surface area contributed by atoms with E-state index in [2.05, 4.69) is 26.1 Å². The van der Waals surface area contributed by atoms with Crippen LogP contribution >= 0.6 is 0 Å². The van der Waals surface area contributed by atoms with Crippen molar-refractivity contribution in [1.82, 2.24) is 4.90 Å². The Balaban J connectivity index is 1.56. The lowest BCUT2D eigenvalue weighted by atomic mass is 9.87. The Labute approximate surface area is 158 Å². The van der Waals surface area contributed by atoms with E-state index in [1.807, 2.05) is 29.2 Å². The van der Waals surface area contributed by atoms with Gasteiger partial charge in [-0.2, -0.15) is 0 Å². The number of hydrogen-bond acceptors (Lipinski definition) is 2. The maximum Gasteiger partial charge on any atom is 0.321 e. The topological polar surface area (TPSA) is 35.6 Å². The number of amides is 2. The van der Waals surface area contributed by atoms with Crippen LogP contribution in [0.15, 0.2) is 42.5 Å². The second-order valence-corrected chi connectivity index (χ2v) is 7.83. The molecular weight excluding hydrogens is 348 g/mol. The molecule has 0 aliphatic carbocycles. The van der Waals surface area contributed by atoms with Crippen molar-refractivity contribution in [2.75, 3.05) is 36.4 Å². The predicted molar refractivity (Wildman–Crippen MR) is 104 cm³/mol. The van der Waals surface area contributed by atoms with Crippen molar-refractivity contribution in [3.05, 3.63) is 59.7 Å².